The van der Waals surface area contributed by atoms with Crippen LogP contribution < -0.4 is 11.1 Å². The third-order valence-electron chi connectivity index (χ3n) is 2.09. The fourth-order valence-electron chi connectivity index (χ4n) is 1.06. The monoisotopic (exact) mass is 179 g/mol. The van der Waals surface area contributed by atoms with E-state index in [-0.39, 0.29) is 0 Å². The maximum atomic E-state index is 5.49. The van der Waals surface area contributed by atoms with Crippen LogP contribution in [-0.2, 0) is 6.54 Å². The summed E-state index contributed by atoms with van der Waals surface area (Å²) in [7, 11) is 0. The molecule has 0 aliphatic rings. The van der Waals surface area contributed by atoms with Gasteiger partial charge in [-0.2, -0.15) is 0 Å². The Labute approximate surface area is 79.4 Å². The lowest BCUT2D eigenvalue weighted by molar-refractivity contribution is 0.549. The summed E-state index contributed by atoms with van der Waals surface area (Å²) in [6.45, 7) is 5.59. The largest absolute Gasteiger partial charge is 0.329 e. The highest BCUT2D eigenvalue weighted by Gasteiger charge is 2.00. The highest BCUT2D eigenvalue weighted by molar-refractivity contribution is 5.17. The first-order valence-corrected chi connectivity index (χ1v) is 4.58. The molecule has 0 spiro atoms. The van der Waals surface area contributed by atoms with Crippen LogP contribution in [0.2, 0.25) is 0 Å². The average molecular weight is 179 g/mol. The van der Waals surface area contributed by atoms with Crippen molar-refractivity contribution in [3.63, 3.8) is 0 Å². The van der Waals surface area contributed by atoms with E-state index in [4.69, 9.17) is 5.73 Å². The fraction of sp³-hybridized carbons (Fsp3) is 0.500. The predicted octanol–water partition coefficient (Wildman–Crippen LogP) is 0.827. The van der Waals surface area contributed by atoms with E-state index in [9.17, 15) is 0 Å². The normalized spacial score (nSPS) is 12.8. The zero-order valence-electron chi connectivity index (χ0n) is 8.25. The third kappa shape index (κ3) is 3.13. The number of pyridine rings is 1. The molecule has 3 heteroatoms. The molecule has 0 unspecified atom stereocenters. The minimum atomic E-state index is 0.349. The molecule has 0 amide bonds. The molecule has 0 saturated carbocycles. The number of aromatic nitrogens is 1. The van der Waals surface area contributed by atoms with E-state index in [0.29, 0.717) is 12.6 Å². The van der Waals surface area contributed by atoms with Crippen molar-refractivity contribution >= 4 is 0 Å². The Morgan fingerprint density at radius 3 is 3.00 bits per heavy atom. The van der Waals surface area contributed by atoms with Crippen molar-refractivity contribution in [2.75, 3.05) is 6.54 Å². The molecule has 1 aromatic heterocycles. The molecule has 0 radical (unpaired) electrons. The maximum Gasteiger partial charge on any atom is 0.0570 e. The van der Waals surface area contributed by atoms with Crippen molar-refractivity contribution in [3.8, 4) is 0 Å². The van der Waals surface area contributed by atoms with Gasteiger partial charge in [0.1, 0.15) is 0 Å². The zero-order valence-corrected chi connectivity index (χ0v) is 8.25. The Bertz CT molecular complexity index is 260. The number of nitrogens with two attached hydrogens (primary N) is 1. The van der Waals surface area contributed by atoms with Crippen LogP contribution in [0, 0.1) is 6.92 Å². The van der Waals surface area contributed by atoms with E-state index >= 15 is 0 Å². The first-order valence-electron chi connectivity index (χ1n) is 4.58. The summed E-state index contributed by atoms with van der Waals surface area (Å²) >= 11 is 0. The van der Waals surface area contributed by atoms with Crippen molar-refractivity contribution in [2.24, 2.45) is 5.73 Å². The molecular weight excluding hydrogens is 162 g/mol. The van der Waals surface area contributed by atoms with E-state index in [2.05, 4.69) is 30.2 Å². The maximum absolute atomic E-state index is 5.49. The van der Waals surface area contributed by atoms with Gasteiger partial charge >= 0.3 is 0 Å². The van der Waals surface area contributed by atoms with Gasteiger partial charge in [-0.3, -0.25) is 4.98 Å². The molecule has 72 valence electrons. The summed E-state index contributed by atoms with van der Waals surface area (Å²) < 4.78 is 0. The van der Waals surface area contributed by atoms with Crippen molar-refractivity contribution in [1.29, 1.82) is 0 Å². The van der Waals surface area contributed by atoms with Crippen LogP contribution in [0.15, 0.2) is 18.3 Å². The van der Waals surface area contributed by atoms with Crippen LogP contribution in [0.1, 0.15) is 18.2 Å². The van der Waals surface area contributed by atoms with Gasteiger partial charge in [-0.1, -0.05) is 6.07 Å². The van der Waals surface area contributed by atoms with Gasteiger partial charge in [-0.25, -0.2) is 0 Å². The highest BCUT2D eigenvalue weighted by atomic mass is 14.9. The lowest BCUT2D eigenvalue weighted by atomic mass is 10.2. The lowest BCUT2D eigenvalue weighted by Crippen LogP contribution is -2.33. The first-order chi connectivity index (χ1) is 6.24. The second-order valence-corrected chi connectivity index (χ2v) is 3.28. The molecule has 1 heterocycles. The summed E-state index contributed by atoms with van der Waals surface area (Å²) in [6, 6.07) is 4.36. The van der Waals surface area contributed by atoms with Crippen molar-refractivity contribution in [3.05, 3.63) is 29.6 Å². The lowest BCUT2D eigenvalue weighted by Gasteiger charge is -2.11. The number of aryl methyl sites for hydroxylation is 1. The SMILES string of the molecule is Cc1cccnc1CN[C@@H](C)CN. The Morgan fingerprint density at radius 1 is 1.62 bits per heavy atom. The molecule has 13 heavy (non-hydrogen) atoms. The minimum Gasteiger partial charge on any atom is -0.329 e. The molecule has 1 rings (SSSR count). The molecule has 0 saturated heterocycles. The number of rotatable bonds is 4. The second-order valence-electron chi connectivity index (χ2n) is 3.28. The fourth-order valence-corrected chi connectivity index (χ4v) is 1.06. The first kappa shape index (κ1) is 10.2. The van der Waals surface area contributed by atoms with Crippen LogP contribution in [0.5, 0.6) is 0 Å². The number of nitrogens with one attached hydrogen (secondary N) is 1. The smallest absolute Gasteiger partial charge is 0.0570 e. The summed E-state index contributed by atoms with van der Waals surface area (Å²) in [5, 5.41) is 3.30. The Hall–Kier alpha value is -0.930. The Kier molecular flexibility index (Phi) is 3.86. The van der Waals surface area contributed by atoms with Crippen LogP contribution in [0.25, 0.3) is 0 Å². The highest BCUT2D eigenvalue weighted by Crippen LogP contribution is 2.02. The standard InChI is InChI=1S/C10H17N3/c1-8-4-3-5-12-10(8)7-13-9(2)6-11/h3-5,9,13H,6-7,11H2,1-2H3/t9-/m0/s1. The van der Waals surface area contributed by atoms with Gasteiger partial charge in [0.05, 0.1) is 5.69 Å². The molecule has 0 aliphatic heterocycles. The van der Waals surface area contributed by atoms with E-state index in [1.165, 1.54) is 5.56 Å². The minimum absolute atomic E-state index is 0.349. The summed E-state index contributed by atoms with van der Waals surface area (Å²) in [5.41, 5.74) is 7.81. The molecule has 3 N–H and O–H groups in total. The zero-order chi connectivity index (χ0) is 9.68. The van der Waals surface area contributed by atoms with Gasteiger partial charge in [-0.05, 0) is 25.5 Å². The van der Waals surface area contributed by atoms with Gasteiger partial charge in [-0.15, -0.1) is 0 Å². The topological polar surface area (TPSA) is 50.9 Å². The Balaban J connectivity index is 2.50. The predicted molar refractivity (Wildman–Crippen MR) is 54.3 cm³/mol. The van der Waals surface area contributed by atoms with Crippen LogP contribution in [-0.4, -0.2) is 17.6 Å². The van der Waals surface area contributed by atoms with Crippen molar-refractivity contribution in [2.45, 2.75) is 26.4 Å². The Morgan fingerprint density at radius 2 is 2.38 bits per heavy atom. The molecule has 0 aromatic carbocycles. The van der Waals surface area contributed by atoms with Gasteiger partial charge < -0.3 is 11.1 Å². The van der Waals surface area contributed by atoms with E-state index in [1.54, 1.807) is 0 Å². The van der Waals surface area contributed by atoms with Crippen LogP contribution in [0.3, 0.4) is 0 Å². The summed E-state index contributed by atoms with van der Waals surface area (Å²) in [6.07, 6.45) is 1.82. The van der Waals surface area contributed by atoms with Gasteiger partial charge in [0, 0.05) is 25.3 Å². The quantitative estimate of drug-likeness (QED) is 0.719. The van der Waals surface area contributed by atoms with E-state index in [1.807, 2.05) is 12.3 Å². The van der Waals surface area contributed by atoms with Gasteiger partial charge in [0.25, 0.3) is 0 Å². The third-order valence-corrected chi connectivity index (χ3v) is 2.09. The molecule has 3 nitrogen and oxygen atoms in total. The molecular formula is C10H17N3. The van der Waals surface area contributed by atoms with Gasteiger partial charge in [0.2, 0.25) is 0 Å². The second kappa shape index (κ2) is 4.94. The van der Waals surface area contributed by atoms with Crippen LogP contribution in [0.4, 0.5) is 0 Å². The van der Waals surface area contributed by atoms with Crippen molar-refractivity contribution < 1.29 is 0 Å². The average Bonchev–Trinajstić information content (AvgIpc) is 2.16. The van der Waals surface area contributed by atoms with Gasteiger partial charge in [0.15, 0.2) is 0 Å². The number of hydrogen-bond donors (Lipinski definition) is 2. The number of nitrogens with zero attached hydrogens (tertiary/aromatic N) is 1. The molecule has 0 bridgehead atoms. The molecule has 0 aliphatic carbocycles. The van der Waals surface area contributed by atoms with E-state index in [0.717, 1.165) is 12.2 Å². The molecule has 0 fully saturated rings. The summed E-state index contributed by atoms with van der Waals surface area (Å²) in [4.78, 5) is 4.28. The van der Waals surface area contributed by atoms with Crippen molar-refractivity contribution in [1.82, 2.24) is 10.3 Å². The molecule has 1 aromatic rings. The van der Waals surface area contributed by atoms with Crippen LogP contribution >= 0.6 is 0 Å². The molecule has 1 atom stereocenters. The van der Waals surface area contributed by atoms with E-state index < -0.39 is 0 Å². The number of hydrogen-bond acceptors (Lipinski definition) is 3. The summed E-state index contributed by atoms with van der Waals surface area (Å²) in [5.74, 6) is 0.